The van der Waals surface area contributed by atoms with Crippen LogP contribution in [0.2, 0.25) is 0 Å². The van der Waals surface area contributed by atoms with Crippen molar-refractivity contribution in [2.24, 2.45) is 0 Å². The Morgan fingerprint density at radius 1 is 0.591 bits per heavy atom. The van der Waals surface area contributed by atoms with Crippen molar-refractivity contribution >= 4 is 69.7 Å². The molecule has 0 bridgehead atoms. The van der Waals surface area contributed by atoms with Gasteiger partial charge in [0, 0.05) is 59.3 Å². The number of nitrogens with one attached hydrogen (secondary N) is 2. The predicted molar refractivity (Wildman–Crippen MR) is 273 cm³/mol. The number of hydrogen-bond donors (Lipinski definition) is 3. The molecule has 8 rings (SSSR count). The van der Waals surface area contributed by atoms with Crippen LogP contribution in [0.4, 0.5) is 11.4 Å². The summed E-state index contributed by atoms with van der Waals surface area (Å²) in [6, 6.07) is 37.8. The molecule has 0 aliphatic carbocycles. The number of fused-ring (bicyclic) bond motifs is 3. The lowest BCUT2D eigenvalue weighted by molar-refractivity contribution is 0.0591. The van der Waals surface area contributed by atoms with Crippen LogP contribution in [0.3, 0.4) is 0 Å². The molecule has 0 saturated heterocycles. The summed E-state index contributed by atoms with van der Waals surface area (Å²) in [4.78, 5) is 39.4. The molecule has 0 spiro atoms. The number of methoxy groups -OCH3 is 2. The van der Waals surface area contributed by atoms with Gasteiger partial charge in [0.1, 0.15) is 37.1 Å². The van der Waals surface area contributed by atoms with Crippen LogP contribution in [0.15, 0.2) is 115 Å². The van der Waals surface area contributed by atoms with E-state index in [-0.39, 0.29) is 58.5 Å². The minimum atomic E-state index is -0.535. The maximum Gasteiger partial charge on any atom is 0.337 e. The molecule has 66 heavy (non-hydrogen) atoms. The average molecular weight is 961 g/mol. The fourth-order valence-corrected chi connectivity index (χ4v) is 7.63. The molecule has 3 aliphatic rings. The highest BCUT2D eigenvalue weighted by molar-refractivity contribution is 7.59. The first-order chi connectivity index (χ1) is 30.7. The van der Waals surface area contributed by atoms with E-state index in [4.69, 9.17) is 28.9 Å². The molecule has 1 amide bonds. The summed E-state index contributed by atoms with van der Waals surface area (Å²) < 4.78 is 27.1. The topological polar surface area (TPSA) is 148 Å². The summed E-state index contributed by atoms with van der Waals surface area (Å²) in [6.07, 6.45) is 2.98. The van der Waals surface area contributed by atoms with Crippen molar-refractivity contribution in [1.82, 2.24) is 10.8 Å². The number of para-hydroxylation sites is 2. The Labute approximate surface area is 409 Å². The van der Waals surface area contributed by atoms with E-state index in [0.29, 0.717) is 54.3 Å². The Bertz CT molecular complexity index is 2190. The van der Waals surface area contributed by atoms with Gasteiger partial charge in [-0.15, -0.1) is 0 Å². The number of hydrogen-bond acceptors (Lipinski definition) is 12. The number of anilines is 2. The fourth-order valence-electron chi connectivity index (χ4n) is 7.63. The summed E-state index contributed by atoms with van der Waals surface area (Å²) in [5.74, 6) is 1.03. The largest absolute Gasteiger partial charge is 0.492 e. The van der Waals surface area contributed by atoms with Gasteiger partial charge in [0.2, 0.25) is 0 Å². The van der Waals surface area contributed by atoms with Gasteiger partial charge in [-0.3, -0.25) is 10.0 Å². The minimum Gasteiger partial charge on any atom is -0.492 e. The Balaban J connectivity index is 0.000000260. The monoisotopic (exact) mass is 960 g/mol. The number of rotatable bonds is 8. The molecule has 5 aromatic rings. The lowest BCUT2D eigenvalue weighted by Crippen LogP contribution is -2.36. The van der Waals surface area contributed by atoms with Gasteiger partial charge in [-0.25, -0.2) is 15.1 Å². The van der Waals surface area contributed by atoms with Gasteiger partial charge in [0.15, 0.2) is 0 Å². The second-order valence-electron chi connectivity index (χ2n) is 15.4. The lowest BCUT2D eigenvalue weighted by Gasteiger charge is -2.30. The number of carbonyl (C=O) groups excluding carboxylic acids is 3. The second-order valence-corrected chi connectivity index (χ2v) is 15.4. The Morgan fingerprint density at radius 2 is 1.00 bits per heavy atom. The van der Waals surface area contributed by atoms with Gasteiger partial charge in [-0.2, -0.15) is 40.5 Å². The van der Waals surface area contributed by atoms with Crippen molar-refractivity contribution in [2.75, 3.05) is 43.8 Å². The van der Waals surface area contributed by atoms with E-state index in [0.717, 1.165) is 72.8 Å². The van der Waals surface area contributed by atoms with Crippen LogP contribution in [0.25, 0.3) is 0 Å². The standard InChI is InChI=1S/C19H21NO3.C18H20N2O3.C13H17NO3.3H2S/c1-3-16-13-23-18-11-14(19(21)22-2)9-10-15(18)12-20(16)17-7-5-4-6-8-17;1-2-15-12-23-17-10-13(18(21)19-22)8-9-14(17)11-20(15)16-6-4-3-5-7-16;1-3-11-8-17-12-6-9(13(15)16-2)4-5-10(12)7-14-11;;;/h4-11,16H,3,12-13H2,1-2H3;3-10,15,22H,2,11-12H2,1H3,(H,19,21);4-6,11,14H,3,7-8H2,1-2H3;3*1H2/t16-;15-;11-;;;/m000.../s1. The van der Waals surface area contributed by atoms with Crippen LogP contribution in [-0.4, -0.2) is 75.2 Å². The van der Waals surface area contributed by atoms with Gasteiger partial charge < -0.3 is 38.8 Å². The summed E-state index contributed by atoms with van der Waals surface area (Å²) in [5.41, 5.74) is 8.62. The van der Waals surface area contributed by atoms with Gasteiger partial charge in [-0.1, -0.05) is 75.4 Å². The summed E-state index contributed by atoms with van der Waals surface area (Å²) in [7, 11) is 2.77. The van der Waals surface area contributed by atoms with Crippen molar-refractivity contribution in [3.05, 3.63) is 149 Å². The molecule has 0 fully saturated rings. The number of esters is 2. The molecule has 3 atom stereocenters. The Morgan fingerprint density at radius 3 is 1.42 bits per heavy atom. The quantitative estimate of drug-likeness (QED) is 0.0777. The van der Waals surface area contributed by atoms with Crippen LogP contribution in [-0.2, 0) is 29.1 Å². The third-order valence-electron chi connectivity index (χ3n) is 11.5. The first-order valence-electron chi connectivity index (χ1n) is 21.4. The number of nitrogens with zero attached hydrogens (tertiary/aromatic N) is 2. The van der Waals surface area contributed by atoms with Crippen LogP contribution in [0.1, 0.15) is 87.8 Å². The molecular formula is C50H64N4O9S3. The normalized spacial score (nSPS) is 16.7. The number of carbonyl (C=O) groups is 3. The fraction of sp³-hybridized carbons (Fsp3) is 0.340. The van der Waals surface area contributed by atoms with Crippen LogP contribution >= 0.6 is 40.5 Å². The van der Waals surface area contributed by atoms with Crippen molar-refractivity contribution in [2.45, 2.75) is 77.8 Å². The first kappa shape index (κ1) is 54.8. The molecule has 0 radical (unpaired) electrons. The highest BCUT2D eigenvalue weighted by atomic mass is 32.1. The summed E-state index contributed by atoms with van der Waals surface area (Å²) in [5, 5.41) is 12.2. The lowest BCUT2D eigenvalue weighted by atomic mass is 10.1. The number of benzene rings is 5. The molecule has 3 heterocycles. The summed E-state index contributed by atoms with van der Waals surface area (Å²) in [6.45, 7) is 10.5. The molecule has 16 heteroatoms. The number of hydroxylamine groups is 1. The molecule has 13 nitrogen and oxygen atoms in total. The minimum absolute atomic E-state index is 0. The zero-order valence-corrected chi connectivity index (χ0v) is 41.2. The SMILES string of the molecule is CC[C@H]1COc2cc(C(=O)NO)ccc2CN1c1ccccc1.CC[C@H]1COc2cc(C(=O)OC)ccc2CN1.CC[C@H]1COc2cc(C(=O)OC)ccc2CN1c1ccccc1.S.S.S. The molecule has 0 saturated carbocycles. The zero-order chi connectivity index (χ0) is 44.7. The van der Waals surface area contributed by atoms with E-state index in [2.05, 4.69) is 72.3 Å². The van der Waals surface area contributed by atoms with E-state index in [1.807, 2.05) is 42.5 Å². The Kier molecular flexibility index (Phi) is 22.6. The molecule has 356 valence electrons. The first-order valence-corrected chi connectivity index (χ1v) is 21.4. The van der Waals surface area contributed by atoms with Crippen LogP contribution in [0.5, 0.6) is 17.2 Å². The molecule has 3 aliphatic heterocycles. The maximum absolute atomic E-state index is 11.7. The summed E-state index contributed by atoms with van der Waals surface area (Å²) >= 11 is 0. The molecule has 0 unspecified atom stereocenters. The number of amides is 1. The van der Waals surface area contributed by atoms with Gasteiger partial charge in [0.25, 0.3) is 5.91 Å². The van der Waals surface area contributed by atoms with Crippen molar-refractivity contribution in [3.8, 4) is 17.2 Å². The van der Waals surface area contributed by atoms with Crippen LogP contribution < -0.4 is 34.8 Å². The van der Waals surface area contributed by atoms with Gasteiger partial charge in [-0.05, 0) is 79.9 Å². The third-order valence-corrected chi connectivity index (χ3v) is 11.5. The van der Waals surface area contributed by atoms with Crippen molar-refractivity contribution < 1.29 is 43.3 Å². The second kappa shape index (κ2) is 27.2. The highest BCUT2D eigenvalue weighted by Crippen LogP contribution is 2.32. The highest BCUT2D eigenvalue weighted by Gasteiger charge is 2.26. The van der Waals surface area contributed by atoms with Gasteiger partial charge >= 0.3 is 11.9 Å². The molecule has 3 N–H and O–H groups in total. The van der Waals surface area contributed by atoms with Crippen molar-refractivity contribution in [3.63, 3.8) is 0 Å². The van der Waals surface area contributed by atoms with E-state index in [1.165, 1.54) is 19.9 Å². The molecule has 5 aromatic carbocycles. The molecular weight excluding hydrogens is 897 g/mol. The van der Waals surface area contributed by atoms with E-state index in [9.17, 15) is 14.4 Å². The predicted octanol–water partition coefficient (Wildman–Crippen LogP) is 8.71. The van der Waals surface area contributed by atoms with E-state index in [1.54, 1.807) is 41.9 Å². The Hall–Kier alpha value is -5.52. The maximum atomic E-state index is 11.7. The molecule has 0 aromatic heterocycles. The third kappa shape index (κ3) is 14.0. The number of ether oxygens (including phenoxy) is 5. The van der Waals surface area contributed by atoms with Crippen LogP contribution in [0, 0.1) is 0 Å². The average Bonchev–Trinajstić information content (AvgIpc) is 3.76. The zero-order valence-electron chi connectivity index (χ0n) is 38.2. The van der Waals surface area contributed by atoms with E-state index < -0.39 is 5.91 Å². The van der Waals surface area contributed by atoms with Crippen molar-refractivity contribution in [1.29, 1.82) is 0 Å². The van der Waals surface area contributed by atoms with Gasteiger partial charge in [0.05, 0.1) is 37.4 Å². The smallest absolute Gasteiger partial charge is 0.337 e. The van der Waals surface area contributed by atoms with E-state index >= 15 is 0 Å².